The molecule has 0 aliphatic rings. The van der Waals surface area contributed by atoms with E-state index in [2.05, 4.69) is 0 Å². The molecule has 0 saturated carbocycles. The minimum atomic E-state index is -0.122. The SMILES string of the molecule is CN(C)c1ccc(CN(Cc2ccco2)C(=O)COc2ccc(Cl)cc2)cc1. The standard InChI is InChI=1S/C22H23ClN2O3/c1-24(2)19-9-5-17(6-10-19)14-25(15-21-4-3-13-27-21)22(26)16-28-20-11-7-18(23)8-12-20/h3-13H,14-16H2,1-2H3. The molecule has 3 aromatic rings. The summed E-state index contributed by atoms with van der Waals surface area (Å²) in [4.78, 5) is 16.6. The molecule has 2 aromatic carbocycles. The summed E-state index contributed by atoms with van der Waals surface area (Å²) in [5.74, 6) is 1.21. The van der Waals surface area contributed by atoms with Crippen LogP contribution in [0, 0.1) is 0 Å². The highest BCUT2D eigenvalue weighted by Crippen LogP contribution is 2.18. The van der Waals surface area contributed by atoms with Gasteiger partial charge >= 0.3 is 0 Å². The summed E-state index contributed by atoms with van der Waals surface area (Å²) in [5.41, 5.74) is 2.15. The van der Waals surface area contributed by atoms with E-state index in [0.29, 0.717) is 23.9 Å². The Morgan fingerprint density at radius 1 is 1.00 bits per heavy atom. The number of rotatable bonds is 8. The maximum atomic E-state index is 12.8. The normalized spacial score (nSPS) is 10.5. The van der Waals surface area contributed by atoms with Crippen molar-refractivity contribution in [2.75, 3.05) is 25.6 Å². The number of carbonyl (C=O) groups is 1. The van der Waals surface area contributed by atoms with Gasteiger partial charge in [-0.2, -0.15) is 0 Å². The molecule has 0 saturated heterocycles. The van der Waals surface area contributed by atoms with Crippen LogP contribution in [0.4, 0.5) is 5.69 Å². The Bertz CT molecular complexity index is 875. The van der Waals surface area contributed by atoms with Crippen LogP contribution in [0.15, 0.2) is 71.3 Å². The first-order valence-electron chi connectivity index (χ1n) is 8.96. The third-order valence-corrected chi connectivity index (χ3v) is 4.53. The fraction of sp³-hybridized carbons (Fsp3) is 0.227. The molecule has 0 spiro atoms. The average molecular weight is 399 g/mol. The molecular formula is C22H23ClN2O3. The lowest BCUT2D eigenvalue weighted by molar-refractivity contribution is -0.134. The minimum absolute atomic E-state index is 0.0574. The largest absolute Gasteiger partial charge is 0.484 e. The first-order chi connectivity index (χ1) is 13.5. The fourth-order valence-electron chi connectivity index (χ4n) is 2.71. The molecule has 1 amide bonds. The van der Waals surface area contributed by atoms with Gasteiger partial charge in [0.1, 0.15) is 11.5 Å². The molecule has 3 rings (SSSR count). The van der Waals surface area contributed by atoms with Crippen molar-refractivity contribution in [1.82, 2.24) is 4.90 Å². The van der Waals surface area contributed by atoms with Gasteiger partial charge in [-0.25, -0.2) is 0 Å². The van der Waals surface area contributed by atoms with Crippen LogP contribution in [0.2, 0.25) is 5.02 Å². The highest BCUT2D eigenvalue weighted by Gasteiger charge is 2.17. The molecule has 0 aliphatic carbocycles. The Balaban J connectivity index is 1.68. The summed E-state index contributed by atoms with van der Waals surface area (Å²) in [6.07, 6.45) is 1.61. The van der Waals surface area contributed by atoms with Crippen molar-refractivity contribution >= 4 is 23.2 Å². The first kappa shape index (κ1) is 19.8. The number of nitrogens with zero attached hydrogens (tertiary/aromatic N) is 2. The number of hydrogen-bond donors (Lipinski definition) is 0. The Morgan fingerprint density at radius 2 is 1.71 bits per heavy atom. The predicted octanol–water partition coefficient (Wildman–Crippen LogP) is 4.61. The smallest absolute Gasteiger partial charge is 0.261 e. The van der Waals surface area contributed by atoms with Crippen molar-refractivity contribution in [1.29, 1.82) is 0 Å². The van der Waals surface area contributed by atoms with Gasteiger partial charge in [0.25, 0.3) is 5.91 Å². The average Bonchev–Trinajstić information content (AvgIpc) is 3.20. The molecule has 0 atom stereocenters. The zero-order valence-corrected chi connectivity index (χ0v) is 16.7. The van der Waals surface area contributed by atoms with Gasteiger partial charge in [-0.3, -0.25) is 4.79 Å². The highest BCUT2D eigenvalue weighted by atomic mass is 35.5. The van der Waals surface area contributed by atoms with Crippen LogP contribution in [-0.4, -0.2) is 31.5 Å². The molecule has 0 fully saturated rings. The van der Waals surface area contributed by atoms with Crippen LogP contribution in [0.25, 0.3) is 0 Å². The number of carbonyl (C=O) groups excluding carboxylic acids is 1. The van der Waals surface area contributed by atoms with Crippen LogP contribution < -0.4 is 9.64 Å². The number of anilines is 1. The van der Waals surface area contributed by atoms with E-state index in [1.54, 1.807) is 35.4 Å². The van der Waals surface area contributed by atoms with E-state index in [-0.39, 0.29) is 12.5 Å². The summed E-state index contributed by atoms with van der Waals surface area (Å²) >= 11 is 5.88. The summed E-state index contributed by atoms with van der Waals surface area (Å²) in [6.45, 7) is 0.792. The van der Waals surface area contributed by atoms with Crippen molar-refractivity contribution in [3.8, 4) is 5.75 Å². The third kappa shape index (κ3) is 5.54. The molecule has 0 bridgehead atoms. The molecule has 0 radical (unpaired) electrons. The number of benzene rings is 2. The summed E-state index contributed by atoms with van der Waals surface area (Å²) < 4.78 is 11.0. The van der Waals surface area contributed by atoms with E-state index in [1.165, 1.54) is 0 Å². The van der Waals surface area contributed by atoms with Crippen LogP contribution in [-0.2, 0) is 17.9 Å². The van der Waals surface area contributed by atoms with E-state index in [9.17, 15) is 4.79 Å². The van der Waals surface area contributed by atoms with Crippen molar-refractivity contribution in [2.24, 2.45) is 0 Å². The van der Waals surface area contributed by atoms with Gasteiger partial charge in [0.2, 0.25) is 0 Å². The van der Waals surface area contributed by atoms with E-state index in [1.807, 2.05) is 55.4 Å². The lowest BCUT2D eigenvalue weighted by Crippen LogP contribution is -2.34. The molecule has 1 aromatic heterocycles. The third-order valence-electron chi connectivity index (χ3n) is 4.28. The Kier molecular flexibility index (Phi) is 6.61. The monoisotopic (exact) mass is 398 g/mol. The topological polar surface area (TPSA) is 45.9 Å². The van der Waals surface area contributed by atoms with Crippen molar-refractivity contribution in [3.63, 3.8) is 0 Å². The summed E-state index contributed by atoms with van der Waals surface area (Å²) in [5, 5.41) is 0.624. The van der Waals surface area contributed by atoms with E-state index >= 15 is 0 Å². The molecule has 5 nitrogen and oxygen atoms in total. The molecule has 1 heterocycles. The zero-order chi connectivity index (χ0) is 19.9. The lowest BCUT2D eigenvalue weighted by atomic mass is 10.2. The number of ether oxygens (including phenoxy) is 1. The van der Waals surface area contributed by atoms with Gasteiger partial charge in [-0.15, -0.1) is 0 Å². The van der Waals surface area contributed by atoms with Gasteiger partial charge in [0.15, 0.2) is 6.61 Å². The lowest BCUT2D eigenvalue weighted by Gasteiger charge is -2.22. The molecule has 146 valence electrons. The van der Waals surface area contributed by atoms with Crippen LogP contribution in [0.5, 0.6) is 5.75 Å². The number of amides is 1. The van der Waals surface area contributed by atoms with Crippen LogP contribution in [0.3, 0.4) is 0 Å². The first-order valence-corrected chi connectivity index (χ1v) is 9.34. The quantitative estimate of drug-likeness (QED) is 0.556. The van der Waals surface area contributed by atoms with Crippen LogP contribution >= 0.6 is 11.6 Å². The summed E-state index contributed by atoms with van der Waals surface area (Å²) in [6, 6.07) is 18.7. The summed E-state index contributed by atoms with van der Waals surface area (Å²) in [7, 11) is 3.99. The van der Waals surface area contributed by atoms with E-state index in [0.717, 1.165) is 17.0 Å². The molecule has 0 unspecified atom stereocenters. The van der Waals surface area contributed by atoms with Crippen molar-refractivity contribution < 1.29 is 13.9 Å². The second-order valence-electron chi connectivity index (χ2n) is 6.63. The Labute approximate surface area is 170 Å². The second kappa shape index (κ2) is 9.33. The van der Waals surface area contributed by atoms with Gasteiger partial charge in [-0.1, -0.05) is 23.7 Å². The minimum Gasteiger partial charge on any atom is -0.484 e. The Hall–Kier alpha value is -2.92. The second-order valence-corrected chi connectivity index (χ2v) is 7.07. The maximum Gasteiger partial charge on any atom is 0.261 e. The van der Waals surface area contributed by atoms with Gasteiger partial charge in [-0.05, 0) is 54.1 Å². The number of hydrogen-bond acceptors (Lipinski definition) is 4. The predicted molar refractivity (Wildman–Crippen MR) is 111 cm³/mol. The molecule has 28 heavy (non-hydrogen) atoms. The van der Waals surface area contributed by atoms with Crippen molar-refractivity contribution in [2.45, 2.75) is 13.1 Å². The van der Waals surface area contributed by atoms with Gasteiger partial charge in [0.05, 0.1) is 12.8 Å². The number of halogens is 1. The van der Waals surface area contributed by atoms with E-state index in [4.69, 9.17) is 20.8 Å². The van der Waals surface area contributed by atoms with Crippen molar-refractivity contribution in [3.05, 3.63) is 83.3 Å². The molecule has 6 heteroatoms. The van der Waals surface area contributed by atoms with E-state index < -0.39 is 0 Å². The molecular weight excluding hydrogens is 376 g/mol. The Morgan fingerprint density at radius 3 is 2.32 bits per heavy atom. The molecule has 0 aliphatic heterocycles. The van der Waals surface area contributed by atoms with Gasteiger partial charge < -0.3 is 19.0 Å². The van der Waals surface area contributed by atoms with Crippen LogP contribution in [0.1, 0.15) is 11.3 Å². The molecule has 0 N–H and O–H groups in total. The zero-order valence-electron chi connectivity index (χ0n) is 16.0. The van der Waals surface area contributed by atoms with Gasteiger partial charge in [0, 0.05) is 31.4 Å². The highest BCUT2D eigenvalue weighted by molar-refractivity contribution is 6.30. The fourth-order valence-corrected chi connectivity index (χ4v) is 2.84. The maximum absolute atomic E-state index is 12.8. The number of furan rings is 1.